The van der Waals surface area contributed by atoms with E-state index in [1.165, 1.54) is 23.4 Å². The second kappa shape index (κ2) is 5.21. The SMILES string of the molecule is O=C1Nc2ccc(I)cc2C1=Cc1nc2c(s1)CCCC2. The minimum Gasteiger partial charge on any atom is -0.321 e. The number of amides is 1. The highest BCUT2D eigenvalue weighted by molar-refractivity contribution is 14.1. The molecule has 0 bridgehead atoms. The van der Waals surface area contributed by atoms with Gasteiger partial charge in [-0.05, 0) is 72.5 Å². The molecule has 3 nitrogen and oxygen atoms in total. The molecule has 5 heteroatoms. The summed E-state index contributed by atoms with van der Waals surface area (Å²) in [5.74, 6) is -0.0276. The van der Waals surface area contributed by atoms with Crippen molar-refractivity contribution in [3.63, 3.8) is 0 Å². The highest BCUT2D eigenvalue weighted by Crippen LogP contribution is 2.35. The second-order valence-corrected chi connectivity index (χ2v) is 7.69. The average Bonchev–Trinajstić information content (AvgIpc) is 3.01. The fourth-order valence-electron chi connectivity index (χ4n) is 2.86. The van der Waals surface area contributed by atoms with Crippen LogP contribution in [-0.2, 0) is 17.6 Å². The van der Waals surface area contributed by atoms with Crippen LogP contribution in [0.4, 0.5) is 5.69 Å². The van der Waals surface area contributed by atoms with E-state index in [9.17, 15) is 4.79 Å². The first kappa shape index (κ1) is 13.5. The van der Waals surface area contributed by atoms with Crippen LogP contribution in [0.2, 0.25) is 0 Å². The lowest BCUT2D eigenvalue weighted by atomic mass is 10.0. The van der Waals surface area contributed by atoms with Crippen LogP contribution in [0, 0.1) is 3.57 Å². The molecule has 1 aromatic heterocycles. The van der Waals surface area contributed by atoms with Crippen LogP contribution in [0.3, 0.4) is 0 Å². The number of fused-ring (bicyclic) bond motifs is 2. The summed E-state index contributed by atoms with van der Waals surface area (Å²) < 4.78 is 1.13. The third-order valence-corrected chi connectivity index (χ3v) is 5.67. The van der Waals surface area contributed by atoms with E-state index in [0.717, 1.165) is 38.2 Å². The van der Waals surface area contributed by atoms with Gasteiger partial charge in [0, 0.05) is 19.7 Å². The summed E-state index contributed by atoms with van der Waals surface area (Å²) in [6.45, 7) is 0. The number of aryl methyl sites for hydroxylation is 2. The van der Waals surface area contributed by atoms with Crippen molar-refractivity contribution < 1.29 is 4.79 Å². The fraction of sp³-hybridized carbons (Fsp3) is 0.250. The van der Waals surface area contributed by atoms with E-state index >= 15 is 0 Å². The van der Waals surface area contributed by atoms with Crippen molar-refractivity contribution in [3.8, 4) is 0 Å². The number of benzene rings is 1. The molecule has 1 N–H and O–H groups in total. The third-order valence-electron chi connectivity index (χ3n) is 3.89. The van der Waals surface area contributed by atoms with Gasteiger partial charge in [0.25, 0.3) is 5.91 Å². The van der Waals surface area contributed by atoms with Crippen LogP contribution in [0.1, 0.15) is 34.0 Å². The summed E-state index contributed by atoms with van der Waals surface area (Å²) in [4.78, 5) is 18.3. The molecule has 21 heavy (non-hydrogen) atoms. The van der Waals surface area contributed by atoms with E-state index in [1.807, 2.05) is 24.3 Å². The average molecular weight is 408 g/mol. The highest BCUT2D eigenvalue weighted by Gasteiger charge is 2.25. The van der Waals surface area contributed by atoms with Gasteiger partial charge in [0.1, 0.15) is 5.01 Å². The number of carbonyl (C=O) groups excluding carboxylic acids is 1. The van der Waals surface area contributed by atoms with Crippen LogP contribution in [-0.4, -0.2) is 10.9 Å². The molecule has 1 aromatic carbocycles. The van der Waals surface area contributed by atoms with E-state index < -0.39 is 0 Å². The highest BCUT2D eigenvalue weighted by atomic mass is 127. The molecule has 0 atom stereocenters. The van der Waals surface area contributed by atoms with Crippen molar-refractivity contribution in [1.82, 2.24) is 4.98 Å². The molecule has 0 saturated heterocycles. The Morgan fingerprint density at radius 2 is 2.14 bits per heavy atom. The topological polar surface area (TPSA) is 42.0 Å². The molecular weight excluding hydrogens is 395 g/mol. The molecule has 1 amide bonds. The largest absolute Gasteiger partial charge is 0.321 e. The second-order valence-electron chi connectivity index (χ2n) is 5.33. The van der Waals surface area contributed by atoms with E-state index in [-0.39, 0.29) is 5.91 Å². The number of hydrogen-bond acceptors (Lipinski definition) is 3. The molecule has 2 heterocycles. The summed E-state index contributed by atoms with van der Waals surface area (Å²) in [5.41, 5.74) is 3.85. The first-order chi connectivity index (χ1) is 10.2. The molecule has 106 valence electrons. The Balaban J connectivity index is 1.78. The zero-order valence-corrected chi connectivity index (χ0v) is 14.3. The molecular formula is C16H13IN2OS. The Morgan fingerprint density at radius 1 is 1.29 bits per heavy atom. The molecule has 0 fully saturated rings. The number of anilines is 1. The van der Waals surface area contributed by atoms with Crippen LogP contribution in [0.25, 0.3) is 11.6 Å². The maximum atomic E-state index is 12.2. The Labute approximate surface area is 140 Å². The normalized spacial score (nSPS) is 18.5. The fourth-order valence-corrected chi connectivity index (χ4v) is 4.45. The molecule has 2 aromatic rings. The van der Waals surface area contributed by atoms with E-state index in [2.05, 4.69) is 27.9 Å². The Kier molecular flexibility index (Phi) is 3.34. The number of rotatable bonds is 1. The van der Waals surface area contributed by atoms with Gasteiger partial charge in [-0.1, -0.05) is 0 Å². The molecule has 0 saturated carbocycles. The smallest absolute Gasteiger partial charge is 0.256 e. The molecule has 1 aliphatic heterocycles. The summed E-state index contributed by atoms with van der Waals surface area (Å²) in [6.07, 6.45) is 6.65. The van der Waals surface area contributed by atoms with Crippen molar-refractivity contribution in [2.24, 2.45) is 0 Å². The minimum absolute atomic E-state index is 0.0276. The summed E-state index contributed by atoms with van der Waals surface area (Å²) in [5, 5.41) is 3.88. The summed E-state index contributed by atoms with van der Waals surface area (Å²) >= 11 is 4.01. The number of hydrogen-bond donors (Lipinski definition) is 1. The van der Waals surface area contributed by atoms with Gasteiger partial charge in [0.05, 0.1) is 11.3 Å². The van der Waals surface area contributed by atoms with Gasteiger partial charge in [0.15, 0.2) is 0 Å². The quantitative estimate of drug-likeness (QED) is 0.570. The maximum Gasteiger partial charge on any atom is 0.256 e. The minimum atomic E-state index is -0.0276. The molecule has 1 aliphatic carbocycles. The van der Waals surface area contributed by atoms with E-state index in [4.69, 9.17) is 4.98 Å². The molecule has 0 radical (unpaired) electrons. The molecule has 4 rings (SSSR count). The van der Waals surface area contributed by atoms with Gasteiger partial charge >= 0.3 is 0 Å². The summed E-state index contributed by atoms with van der Waals surface area (Å²) in [6, 6.07) is 6.01. The standard InChI is InChI=1S/C16H13IN2OS/c17-9-5-6-12-10(7-9)11(16(20)19-12)8-15-18-13-3-1-2-4-14(13)21-15/h5-8H,1-4H2,(H,19,20). The first-order valence-corrected chi connectivity index (χ1v) is 8.92. The molecule has 2 aliphatic rings. The lowest BCUT2D eigenvalue weighted by Crippen LogP contribution is -2.03. The Morgan fingerprint density at radius 3 is 3.00 bits per heavy atom. The monoisotopic (exact) mass is 408 g/mol. The maximum absolute atomic E-state index is 12.2. The Bertz CT molecular complexity index is 755. The number of nitrogens with zero attached hydrogens (tertiary/aromatic N) is 1. The zero-order valence-electron chi connectivity index (χ0n) is 11.3. The lowest BCUT2D eigenvalue weighted by molar-refractivity contribution is -0.110. The van der Waals surface area contributed by atoms with Gasteiger partial charge in [-0.15, -0.1) is 11.3 Å². The lowest BCUT2D eigenvalue weighted by Gasteiger charge is -2.06. The van der Waals surface area contributed by atoms with Crippen molar-refractivity contribution in [2.45, 2.75) is 25.7 Å². The van der Waals surface area contributed by atoms with Crippen molar-refractivity contribution in [3.05, 3.63) is 42.9 Å². The Hall–Kier alpha value is -1.21. The van der Waals surface area contributed by atoms with Gasteiger partial charge in [-0.25, -0.2) is 4.98 Å². The van der Waals surface area contributed by atoms with Crippen LogP contribution in [0.15, 0.2) is 18.2 Å². The van der Waals surface area contributed by atoms with Crippen molar-refractivity contribution in [2.75, 3.05) is 5.32 Å². The first-order valence-electron chi connectivity index (χ1n) is 7.02. The van der Waals surface area contributed by atoms with Gasteiger partial charge in [-0.3, -0.25) is 4.79 Å². The number of thiazole rings is 1. The third kappa shape index (κ3) is 2.42. The predicted molar refractivity (Wildman–Crippen MR) is 94.4 cm³/mol. The van der Waals surface area contributed by atoms with Crippen LogP contribution in [0.5, 0.6) is 0 Å². The van der Waals surface area contributed by atoms with Crippen LogP contribution < -0.4 is 5.32 Å². The number of halogens is 1. The predicted octanol–water partition coefficient (Wildman–Crippen LogP) is 4.12. The van der Waals surface area contributed by atoms with Gasteiger partial charge in [0.2, 0.25) is 0 Å². The summed E-state index contributed by atoms with van der Waals surface area (Å²) in [7, 11) is 0. The van der Waals surface area contributed by atoms with Gasteiger partial charge in [-0.2, -0.15) is 0 Å². The number of nitrogens with one attached hydrogen (secondary N) is 1. The van der Waals surface area contributed by atoms with E-state index in [1.54, 1.807) is 11.3 Å². The van der Waals surface area contributed by atoms with Gasteiger partial charge < -0.3 is 5.32 Å². The number of aromatic nitrogens is 1. The van der Waals surface area contributed by atoms with E-state index in [0.29, 0.717) is 0 Å². The zero-order chi connectivity index (χ0) is 14.4. The molecule has 0 spiro atoms. The number of carbonyl (C=O) groups is 1. The van der Waals surface area contributed by atoms with Crippen molar-refractivity contribution >= 4 is 57.2 Å². The van der Waals surface area contributed by atoms with Crippen molar-refractivity contribution in [1.29, 1.82) is 0 Å². The molecule has 0 unspecified atom stereocenters. The van der Waals surface area contributed by atoms with Crippen LogP contribution >= 0.6 is 33.9 Å².